The van der Waals surface area contributed by atoms with Crippen LogP contribution >= 0.6 is 0 Å². The molecule has 0 aliphatic carbocycles. The number of allylic oxidation sites excluding steroid dienone is 1. The average molecular weight is 317 g/mol. The highest BCUT2D eigenvalue weighted by Gasteiger charge is 2.54. The minimum Gasteiger partial charge on any atom is -0.468 e. The van der Waals surface area contributed by atoms with Crippen molar-refractivity contribution >= 4 is 17.7 Å². The van der Waals surface area contributed by atoms with E-state index in [1.54, 1.807) is 4.90 Å². The maximum atomic E-state index is 13.1. The number of hydrogen-bond donors (Lipinski definition) is 0. The third-order valence-corrected chi connectivity index (χ3v) is 4.66. The molecule has 4 rings (SSSR count). The molecule has 1 spiro atoms. The molecule has 0 aromatic heterocycles. The summed E-state index contributed by atoms with van der Waals surface area (Å²) in [6.45, 7) is 4.65. The zero-order valence-corrected chi connectivity index (χ0v) is 13.8. The molecule has 120 valence electrons. The Morgan fingerprint density at radius 2 is 1.92 bits per heavy atom. The van der Waals surface area contributed by atoms with Crippen molar-refractivity contribution < 1.29 is 9.53 Å². The fourth-order valence-corrected chi connectivity index (χ4v) is 3.58. The molecule has 0 radical (unpaired) electrons. The van der Waals surface area contributed by atoms with Gasteiger partial charge in [-0.1, -0.05) is 42.5 Å². The molecule has 2 heterocycles. The molecule has 24 heavy (non-hydrogen) atoms. The molecular weight excluding hydrogens is 298 g/mol. The van der Waals surface area contributed by atoms with E-state index in [1.807, 2.05) is 80.6 Å². The first-order valence-electron chi connectivity index (χ1n) is 8.23. The smallest absolute Gasteiger partial charge is 0.280 e. The van der Waals surface area contributed by atoms with E-state index >= 15 is 0 Å². The zero-order chi connectivity index (χ0) is 16.7. The van der Waals surface area contributed by atoms with Gasteiger partial charge in [-0.15, -0.1) is 0 Å². The van der Waals surface area contributed by atoms with E-state index in [-0.39, 0.29) is 5.91 Å². The van der Waals surface area contributed by atoms with Crippen LogP contribution in [0.5, 0.6) is 0 Å². The van der Waals surface area contributed by atoms with Gasteiger partial charge in [0.05, 0.1) is 5.69 Å². The van der Waals surface area contributed by atoms with Crippen molar-refractivity contribution in [2.75, 3.05) is 11.4 Å². The molecule has 0 saturated heterocycles. The van der Waals surface area contributed by atoms with Crippen LogP contribution in [-0.2, 0) is 15.1 Å². The molecule has 3 heteroatoms. The van der Waals surface area contributed by atoms with Crippen LogP contribution in [0.2, 0.25) is 0 Å². The normalized spacial score (nSPS) is 23.2. The molecule has 0 N–H and O–H groups in total. The number of rotatable bonds is 2. The Hall–Kier alpha value is -2.81. The fourth-order valence-electron chi connectivity index (χ4n) is 3.58. The summed E-state index contributed by atoms with van der Waals surface area (Å²) < 4.78 is 6.22. The summed E-state index contributed by atoms with van der Waals surface area (Å²) in [4.78, 5) is 14.9. The predicted octanol–water partition coefficient (Wildman–Crippen LogP) is 4.18. The van der Waals surface area contributed by atoms with Crippen LogP contribution in [0.4, 0.5) is 5.69 Å². The van der Waals surface area contributed by atoms with E-state index in [0.717, 1.165) is 22.4 Å². The number of anilines is 1. The molecule has 0 bridgehead atoms. The van der Waals surface area contributed by atoms with Crippen molar-refractivity contribution in [1.82, 2.24) is 0 Å². The van der Waals surface area contributed by atoms with Gasteiger partial charge in [0.15, 0.2) is 0 Å². The number of fused-ring (bicyclic) bond motifs is 2. The Balaban J connectivity index is 1.79. The van der Waals surface area contributed by atoms with E-state index < -0.39 is 5.60 Å². The summed E-state index contributed by atoms with van der Waals surface area (Å²) in [5.41, 5.74) is 3.02. The maximum Gasteiger partial charge on any atom is 0.280 e. The van der Waals surface area contributed by atoms with E-state index in [2.05, 4.69) is 0 Å². The highest BCUT2D eigenvalue weighted by molar-refractivity contribution is 6.09. The first-order chi connectivity index (χ1) is 11.7. The van der Waals surface area contributed by atoms with E-state index in [4.69, 9.17) is 4.74 Å². The largest absolute Gasteiger partial charge is 0.468 e. The maximum absolute atomic E-state index is 13.1. The van der Waals surface area contributed by atoms with Crippen molar-refractivity contribution in [2.24, 2.45) is 0 Å². The number of benzene rings is 2. The van der Waals surface area contributed by atoms with Gasteiger partial charge >= 0.3 is 0 Å². The molecule has 1 unspecified atom stereocenters. The number of ether oxygens (including phenoxy) is 1. The Morgan fingerprint density at radius 1 is 1.12 bits per heavy atom. The van der Waals surface area contributed by atoms with Crippen LogP contribution < -0.4 is 4.90 Å². The van der Waals surface area contributed by atoms with Crippen LogP contribution in [0.3, 0.4) is 0 Å². The van der Waals surface area contributed by atoms with Crippen LogP contribution in [-0.4, -0.2) is 12.5 Å². The predicted molar refractivity (Wildman–Crippen MR) is 95.5 cm³/mol. The molecule has 3 nitrogen and oxygen atoms in total. The molecule has 2 aliphatic heterocycles. The topological polar surface area (TPSA) is 29.5 Å². The van der Waals surface area contributed by atoms with Crippen LogP contribution in [0.15, 0.2) is 66.4 Å². The summed E-state index contributed by atoms with van der Waals surface area (Å²) in [6.07, 6.45) is 5.76. The summed E-state index contributed by atoms with van der Waals surface area (Å²) in [5.74, 6) is 0.698. The van der Waals surface area contributed by atoms with Gasteiger partial charge in [0.2, 0.25) is 5.60 Å². The lowest BCUT2D eigenvalue weighted by Gasteiger charge is -2.23. The SMILES string of the molecule is CCN1C(=O)C2(C=C/C(=C/c3ccccc3)O2)c2c(C)cccc21. The van der Waals surface area contributed by atoms with Crippen molar-refractivity contribution in [3.8, 4) is 0 Å². The molecule has 2 aliphatic rings. The number of amides is 1. The summed E-state index contributed by atoms with van der Waals surface area (Å²) in [5, 5.41) is 0. The van der Waals surface area contributed by atoms with E-state index in [1.165, 1.54) is 0 Å². The average Bonchev–Trinajstić information content (AvgIpc) is 3.10. The lowest BCUT2D eigenvalue weighted by Crippen LogP contribution is -2.39. The summed E-state index contributed by atoms with van der Waals surface area (Å²) >= 11 is 0. The van der Waals surface area contributed by atoms with Crippen LogP contribution in [0.1, 0.15) is 23.6 Å². The van der Waals surface area contributed by atoms with Gasteiger partial charge in [0.25, 0.3) is 5.91 Å². The van der Waals surface area contributed by atoms with Crippen molar-refractivity contribution in [3.05, 3.63) is 83.1 Å². The number of aryl methyl sites for hydroxylation is 1. The zero-order valence-electron chi connectivity index (χ0n) is 13.8. The van der Waals surface area contributed by atoms with Crippen molar-refractivity contribution in [3.63, 3.8) is 0 Å². The van der Waals surface area contributed by atoms with E-state index in [0.29, 0.717) is 12.3 Å². The number of carbonyl (C=O) groups is 1. The Bertz CT molecular complexity index is 867. The van der Waals surface area contributed by atoms with Crippen molar-refractivity contribution in [2.45, 2.75) is 19.4 Å². The molecule has 0 saturated carbocycles. The highest BCUT2D eigenvalue weighted by Crippen LogP contribution is 2.49. The highest BCUT2D eigenvalue weighted by atomic mass is 16.5. The quantitative estimate of drug-likeness (QED) is 0.831. The van der Waals surface area contributed by atoms with Gasteiger partial charge in [-0.05, 0) is 49.3 Å². The molecule has 0 fully saturated rings. The Kier molecular flexibility index (Phi) is 3.31. The van der Waals surface area contributed by atoms with Crippen molar-refractivity contribution in [1.29, 1.82) is 0 Å². The summed E-state index contributed by atoms with van der Waals surface area (Å²) in [6, 6.07) is 16.0. The van der Waals surface area contributed by atoms with Crippen LogP contribution in [0, 0.1) is 6.92 Å². The molecule has 1 amide bonds. The second-order valence-corrected chi connectivity index (χ2v) is 6.15. The number of carbonyl (C=O) groups excluding carboxylic acids is 1. The number of nitrogens with zero attached hydrogens (tertiary/aromatic N) is 1. The van der Waals surface area contributed by atoms with Gasteiger partial charge < -0.3 is 9.64 Å². The minimum atomic E-state index is -1.02. The van der Waals surface area contributed by atoms with Gasteiger partial charge in [0.1, 0.15) is 5.76 Å². The third-order valence-electron chi connectivity index (χ3n) is 4.66. The minimum absolute atomic E-state index is 0.0120. The van der Waals surface area contributed by atoms with Crippen LogP contribution in [0.25, 0.3) is 6.08 Å². The van der Waals surface area contributed by atoms with Gasteiger partial charge in [-0.2, -0.15) is 0 Å². The number of likely N-dealkylation sites (N-methyl/N-ethyl adjacent to an activating group) is 1. The summed E-state index contributed by atoms with van der Waals surface area (Å²) in [7, 11) is 0. The molecule has 2 aromatic rings. The fraction of sp³-hybridized carbons (Fsp3) is 0.190. The third kappa shape index (κ3) is 2.01. The first-order valence-corrected chi connectivity index (χ1v) is 8.23. The Labute approximate surface area is 141 Å². The van der Waals surface area contributed by atoms with Gasteiger partial charge in [-0.3, -0.25) is 4.79 Å². The van der Waals surface area contributed by atoms with Gasteiger partial charge in [-0.25, -0.2) is 0 Å². The second-order valence-electron chi connectivity index (χ2n) is 6.15. The number of hydrogen-bond acceptors (Lipinski definition) is 2. The van der Waals surface area contributed by atoms with Gasteiger partial charge in [0, 0.05) is 12.1 Å². The lowest BCUT2D eigenvalue weighted by molar-refractivity contribution is -0.131. The van der Waals surface area contributed by atoms with E-state index in [9.17, 15) is 4.79 Å². The molecule has 2 aromatic carbocycles. The second kappa shape index (κ2) is 5.38. The Morgan fingerprint density at radius 3 is 2.67 bits per heavy atom. The lowest BCUT2D eigenvalue weighted by atomic mass is 9.92. The molecule has 1 atom stereocenters. The standard InChI is InChI=1S/C21H19NO2/c1-3-22-18-11-7-8-15(2)19(18)21(20(22)23)13-12-17(24-21)14-16-9-5-4-6-10-16/h4-14H,3H2,1-2H3/b17-14-. The monoisotopic (exact) mass is 317 g/mol. The first kappa shape index (κ1) is 14.8. The molecular formula is C21H19NO2.